The number of benzene rings is 1. The quantitative estimate of drug-likeness (QED) is 0.866. The summed E-state index contributed by atoms with van der Waals surface area (Å²) in [7, 11) is 0. The van der Waals surface area contributed by atoms with E-state index >= 15 is 0 Å². The first kappa shape index (κ1) is 11.0. The number of hydrogen-bond donors (Lipinski definition) is 2. The zero-order valence-electron chi connectivity index (χ0n) is 8.89. The molecule has 0 aromatic heterocycles. The van der Waals surface area contributed by atoms with Crippen molar-refractivity contribution in [1.29, 1.82) is 0 Å². The second-order valence-electron chi connectivity index (χ2n) is 4.24. The Morgan fingerprint density at radius 3 is 2.93 bits per heavy atom. The minimum atomic E-state index is 0.359. The molecule has 15 heavy (non-hydrogen) atoms. The first-order valence-corrected chi connectivity index (χ1v) is 6.17. The fourth-order valence-corrected chi connectivity index (χ4v) is 2.75. The number of aryl methyl sites for hydroxylation is 1. The van der Waals surface area contributed by atoms with E-state index in [1.54, 1.807) is 0 Å². The summed E-state index contributed by atoms with van der Waals surface area (Å²) in [4.78, 5) is 0. The van der Waals surface area contributed by atoms with Crippen LogP contribution in [0.1, 0.15) is 24.0 Å². The predicted octanol–water partition coefficient (Wildman–Crippen LogP) is 2.76. The number of nitrogens with one attached hydrogen (secondary N) is 1. The van der Waals surface area contributed by atoms with Gasteiger partial charge in [0.1, 0.15) is 5.75 Å². The summed E-state index contributed by atoms with van der Waals surface area (Å²) in [5, 5.41) is 13.1. The van der Waals surface area contributed by atoms with Gasteiger partial charge in [-0.2, -0.15) is 0 Å². The molecule has 1 saturated heterocycles. The fourth-order valence-electron chi connectivity index (χ4n) is 2.14. The predicted molar refractivity (Wildman–Crippen MR) is 65.3 cm³/mol. The van der Waals surface area contributed by atoms with E-state index in [0.717, 1.165) is 23.0 Å². The summed E-state index contributed by atoms with van der Waals surface area (Å²) in [6.45, 7) is 3.08. The second kappa shape index (κ2) is 4.54. The highest BCUT2D eigenvalue weighted by atomic mass is 79.9. The Kier molecular flexibility index (Phi) is 3.32. The Hall–Kier alpha value is -0.540. The van der Waals surface area contributed by atoms with Crippen molar-refractivity contribution in [3.8, 4) is 5.75 Å². The van der Waals surface area contributed by atoms with Crippen LogP contribution in [0.25, 0.3) is 0 Å². The lowest BCUT2D eigenvalue weighted by molar-refractivity contribution is 0.467. The molecule has 0 amide bonds. The Morgan fingerprint density at radius 2 is 2.33 bits per heavy atom. The molecule has 1 unspecified atom stereocenters. The molecule has 1 aromatic rings. The average molecular weight is 270 g/mol. The topological polar surface area (TPSA) is 32.3 Å². The standard InChI is InChI=1S/C12H16BrNO/c1-8-5-9(7-11(13)12(8)15)6-10-3-2-4-14-10/h5,7,10,14-15H,2-4,6H2,1H3. The van der Waals surface area contributed by atoms with Crippen molar-refractivity contribution in [3.63, 3.8) is 0 Å². The molecule has 0 radical (unpaired) electrons. The normalized spacial score (nSPS) is 20.8. The van der Waals surface area contributed by atoms with Gasteiger partial charge in [0.15, 0.2) is 0 Å². The highest BCUT2D eigenvalue weighted by Crippen LogP contribution is 2.29. The highest BCUT2D eigenvalue weighted by Gasteiger charge is 2.15. The van der Waals surface area contributed by atoms with Gasteiger partial charge < -0.3 is 10.4 Å². The molecule has 1 fully saturated rings. The maximum atomic E-state index is 9.63. The van der Waals surface area contributed by atoms with Crippen LogP contribution in [0.15, 0.2) is 16.6 Å². The SMILES string of the molecule is Cc1cc(CC2CCCN2)cc(Br)c1O. The van der Waals surface area contributed by atoms with Gasteiger partial charge in [0.2, 0.25) is 0 Å². The minimum absolute atomic E-state index is 0.359. The van der Waals surface area contributed by atoms with Crippen LogP contribution in [0.4, 0.5) is 0 Å². The van der Waals surface area contributed by atoms with E-state index in [1.807, 2.05) is 13.0 Å². The fraction of sp³-hybridized carbons (Fsp3) is 0.500. The molecule has 2 nitrogen and oxygen atoms in total. The van der Waals surface area contributed by atoms with Crippen molar-refractivity contribution in [1.82, 2.24) is 5.32 Å². The van der Waals surface area contributed by atoms with Crippen molar-refractivity contribution in [3.05, 3.63) is 27.7 Å². The summed E-state index contributed by atoms with van der Waals surface area (Å²) >= 11 is 3.38. The van der Waals surface area contributed by atoms with Crippen LogP contribution >= 0.6 is 15.9 Å². The van der Waals surface area contributed by atoms with Gasteiger partial charge >= 0.3 is 0 Å². The third-order valence-electron chi connectivity index (χ3n) is 2.96. The van der Waals surface area contributed by atoms with Crippen molar-refractivity contribution in [2.75, 3.05) is 6.54 Å². The summed E-state index contributed by atoms with van der Waals surface area (Å²) in [6.07, 6.45) is 3.60. The maximum absolute atomic E-state index is 9.63. The van der Waals surface area contributed by atoms with Gasteiger partial charge in [0.05, 0.1) is 4.47 Å². The Labute approximate surface area is 98.8 Å². The molecule has 1 heterocycles. The lowest BCUT2D eigenvalue weighted by Gasteiger charge is -2.12. The first-order valence-electron chi connectivity index (χ1n) is 5.38. The monoisotopic (exact) mass is 269 g/mol. The van der Waals surface area contributed by atoms with E-state index in [4.69, 9.17) is 0 Å². The molecule has 1 aliphatic heterocycles. The van der Waals surface area contributed by atoms with Crippen LogP contribution in [0, 0.1) is 6.92 Å². The third kappa shape index (κ3) is 2.52. The van der Waals surface area contributed by atoms with Gasteiger partial charge in [0, 0.05) is 6.04 Å². The molecular formula is C12H16BrNO. The van der Waals surface area contributed by atoms with Crippen molar-refractivity contribution < 1.29 is 5.11 Å². The van der Waals surface area contributed by atoms with Crippen LogP contribution in [0.3, 0.4) is 0 Å². The second-order valence-corrected chi connectivity index (χ2v) is 5.09. The lowest BCUT2D eigenvalue weighted by atomic mass is 10.0. The van der Waals surface area contributed by atoms with Crippen molar-refractivity contribution in [2.45, 2.75) is 32.2 Å². The van der Waals surface area contributed by atoms with Crippen LogP contribution < -0.4 is 5.32 Å². The molecule has 1 atom stereocenters. The molecule has 82 valence electrons. The first-order chi connectivity index (χ1) is 7.16. The van der Waals surface area contributed by atoms with Crippen LogP contribution in [-0.4, -0.2) is 17.7 Å². The average Bonchev–Trinajstić information content (AvgIpc) is 2.66. The molecule has 0 saturated carbocycles. The summed E-state index contributed by atoms with van der Waals surface area (Å²) in [5.41, 5.74) is 2.23. The minimum Gasteiger partial charge on any atom is -0.506 e. The largest absolute Gasteiger partial charge is 0.506 e. The van der Waals surface area contributed by atoms with Crippen molar-refractivity contribution >= 4 is 15.9 Å². The molecule has 2 rings (SSSR count). The lowest BCUT2D eigenvalue weighted by Crippen LogP contribution is -2.23. The zero-order valence-corrected chi connectivity index (χ0v) is 10.5. The molecule has 3 heteroatoms. The zero-order chi connectivity index (χ0) is 10.8. The van der Waals surface area contributed by atoms with Gasteiger partial charge in [0.25, 0.3) is 0 Å². The van der Waals surface area contributed by atoms with E-state index in [2.05, 4.69) is 27.3 Å². The van der Waals surface area contributed by atoms with E-state index in [0.29, 0.717) is 11.8 Å². The van der Waals surface area contributed by atoms with Crippen LogP contribution in [0.5, 0.6) is 5.75 Å². The molecule has 0 spiro atoms. The van der Waals surface area contributed by atoms with E-state index in [9.17, 15) is 5.11 Å². The Bertz CT molecular complexity index is 336. The summed E-state index contributed by atoms with van der Waals surface area (Å²) < 4.78 is 0.801. The number of phenols is 1. The van der Waals surface area contributed by atoms with Gasteiger partial charge in [-0.25, -0.2) is 0 Å². The summed E-state index contributed by atoms with van der Waals surface area (Å²) in [5.74, 6) is 0.359. The van der Waals surface area contributed by atoms with Crippen molar-refractivity contribution in [2.24, 2.45) is 0 Å². The number of rotatable bonds is 2. The van der Waals surface area contributed by atoms with Crippen LogP contribution in [0.2, 0.25) is 0 Å². The molecule has 0 aliphatic carbocycles. The smallest absolute Gasteiger partial charge is 0.132 e. The number of hydrogen-bond acceptors (Lipinski definition) is 2. The maximum Gasteiger partial charge on any atom is 0.132 e. The molecule has 2 N–H and O–H groups in total. The highest BCUT2D eigenvalue weighted by molar-refractivity contribution is 9.10. The Morgan fingerprint density at radius 1 is 1.53 bits per heavy atom. The van der Waals surface area contributed by atoms with Gasteiger partial charge in [-0.1, -0.05) is 6.07 Å². The molecular weight excluding hydrogens is 254 g/mol. The van der Waals surface area contributed by atoms with Gasteiger partial charge in [-0.05, 0) is 65.9 Å². The number of aromatic hydroxyl groups is 1. The molecule has 1 aromatic carbocycles. The van der Waals surface area contributed by atoms with Gasteiger partial charge in [-0.15, -0.1) is 0 Å². The van der Waals surface area contributed by atoms with E-state index in [1.165, 1.54) is 18.4 Å². The Balaban J connectivity index is 2.14. The summed E-state index contributed by atoms with van der Waals surface area (Å²) in [6, 6.07) is 4.70. The van der Waals surface area contributed by atoms with E-state index < -0.39 is 0 Å². The third-order valence-corrected chi connectivity index (χ3v) is 3.56. The number of phenolic OH excluding ortho intramolecular Hbond substituents is 1. The van der Waals surface area contributed by atoms with E-state index in [-0.39, 0.29) is 0 Å². The molecule has 1 aliphatic rings. The van der Waals surface area contributed by atoms with Crippen LogP contribution in [-0.2, 0) is 6.42 Å². The number of halogens is 1. The molecule has 0 bridgehead atoms. The van der Waals surface area contributed by atoms with Gasteiger partial charge in [-0.3, -0.25) is 0 Å².